The summed E-state index contributed by atoms with van der Waals surface area (Å²) in [6.45, 7) is 6.01. The summed E-state index contributed by atoms with van der Waals surface area (Å²) in [7, 11) is 0. The summed E-state index contributed by atoms with van der Waals surface area (Å²) in [5.41, 5.74) is 2.54. The Morgan fingerprint density at radius 1 is 0.913 bits per heavy atom. The molecule has 2 aromatic rings. The summed E-state index contributed by atoms with van der Waals surface area (Å²) in [5, 5.41) is 1.31. The van der Waals surface area contributed by atoms with E-state index in [0.29, 0.717) is 0 Å². The quantitative estimate of drug-likeness (QED) is 0.862. The highest BCUT2D eigenvalue weighted by Gasteiger charge is 2.24. The van der Waals surface area contributed by atoms with Crippen LogP contribution in [0.25, 0.3) is 10.9 Å². The van der Waals surface area contributed by atoms with E-state index in [1.165, 1.54) is 69.2 Å². The number of rotatable bonds is 3. The van der Waals surface area contributed by atoms with Crippen LogP contribution < -0.4 is 0 Å². The highest BCUT2D eigenvalue weighted by molar-refractivity contribution is 5.81. The predicted octanol–water partition coefficient (Wildman–Crippen LogP) is 3.69. The van der Waals surface area contributed by atoms with Gasteiger partial charge < -0.3 is 0 Å². The number of aromatic nitrogens is 1. The van der Waals surface area contributed by atoms with Crippen molar-refractivity contribution in [2.24, 2.45) is 0 Å². The summed E-state index contributed by atoms with van der Waals surface area (Å²) < 4.78 is 0. The first kappa shape index (κ1) is 15.1. The van der Waals surface area contributed by atoms with Gasteiger partial charge in [-0.15, -0.1) is 0 Å². The Morgan fingerprint density at radius 2 is 1.83 bits per heavy atom. The Labute approximate surface area is 139 Å². The van der Waals surface area contributed by atoms with Crippen LogP contribution in [-0.4, -0.2) is 47.0 Å². The van der Waals surface area contributed by atoms with Crippen molar-refractivity contribution < 1.29 is 0 Å². The first-order chi connectivity index (χ1) is 11.4. The molecule has 2 aliphatic rings. The molecule has 0 radical (unpaired) electrons. The maximum Gasteiger partial charge on any atom is 0.0705 e. The topological polar surface area (TPSA) is 19.4 Å². The first-order valence-corrected chi connectivity index (χ1v) is 9.19. The Kier molecular flexibility index (Phi) is 4.58. The van der Waals surface area contributed by atoms with Gasteiger partial charge in [-0.1, -0.05) is 31.0 Å². The lowest BCUT2D eigenvalue weighted by Crippen LogP contribution is -2.36. The molecule has 1 saturated heterocycles. The number of nitrogens with zero attached hydrogens (tertiary/aromatic N) is 3. The van der Waals surface area contributed by atoms with Gasteiger partial charge in [0.25, 0.3) is 0 Å². The zero-order valence-corrected chi connectivity index (χ0v) is 14.0. The van der Waals surface area contributed by atoms with Crippen LogP contribution in [0.5, 0.6) is 0 Å². The van der Waals surface area contributed by atoms with E-state index < -0.39 is 0 Å². The van der Waals surface area contributed by atoms with Crippen molar-refractivity contribution in [3.63, 3.8) is 0 Å². The molecule has 1 aliphatic heterocycles. The van der Waals surface area contributed by atoms with E-state index in [0.717, 1.165) is 18.1 Å². The number of benzene rings is 1. The lowest BCUT2D eigenvalue weighted by atomic mass is 10.1. The molecule has 1 aliphatic carbocycles. The Morgan fingerprint density at radius 3 is 2.74 bits per heavy atom. The molecule has 3 heteroatoms. The van der Waals surface area contributed by atoms with Gasteiger partial charge >= 0.3 is 0 Å². The van der Waals surface area contributed by atoms with E-state index in [1.54, 1.807) is 0 Å². The number of pyridine rings is 1. The Hall–Kier alpha value is -1.45. The van der Waals surface area contributed by atoms with Gasteiger partial charge in [0, 0.05) is 37.3 Å². The molecule has 2 fully saturated rings. The molecular weight excluding hydrogens is 282 g/mol. The number of hydrogen-bond acceptors (Lipinski definition) is 3. The molecule has 0 spiro atoms. The van der Waals surface area contributed by atoms with Gasteiger partial charge in [0.2, 0.25) is 0 Å². The van der Waals surface area contributed by atoms with Gasteiger partial charge in [0.1, 0.15) is 0 Å². The molecule has 2 heterocycles. The zero-order valence-electron chi connectivity index (χ0n) is 14.0. The third kappa shape index (κ3) is 3.41. The normalized spacial score (nSPS) is 21.7. The van der Waals surface area contributed by atoms with Crippen LogP contribution in [0.4, 0.5) is 0 Å². The third-order valence-corrected chi connectivity index (χ3v) is 5.59. The maximum atomic E-state index is 4.49. The molecule has 0 amide bonds. The molecule has 0 N–H and O–H groups in total. The average molecular weight is 309 g/mol. The molecule has 3 nitrogen and oxygen atoms in total. The van der Waals surface area contributed by atoms with E-state index in [9.17, 15) is 0 Å². The minimum atomic E-state index is 0.872. The molecule has 0 unspecified atom stereocenters. The molecule has 4 rings (SSSR count). The maximum absolute atomic E-state index is 4.49. The fourth-order valence-electron chi connectivity index (χ4n) is 4.33. The average Bonchev–Trinajstić information content (AvgIpc) is 3.03. The molecular formula is C20H27N3. The van der Waals surface area contributed by atoms with Gasteiger partial charge in [-0.2, -0.15) is 0 Å². The van der Waals surface area contributed by atoms with Crippen LogP contribution in [0, 0.1) is 0 Å². The minimum Gasteiger partial charge on any atom is -0.299 e. The van der Waals surface area contributed by atoms with E-state index >= 15 is 0 Å². The van der Waals surface area contributed by atoms with E-state index in [-0.39, 0.29) is 0 Å². The van der Waals surface area contributed by atoms with Crippen molar-refractivity contribution >= 4 is 10.9 Å². The van der Waals surface area contributed by atoms with Crippen LogP contribution in [0.15, 0.2) is 36.5 Å². The first-order valence-electron chi connectivity index (χ1n) is 9.19. The van der Waals surface area contributed by atoms with Gasteiger partial charge in [0.05, 0.1) is 5.52 Å². The van der Waals surface area contributed by atoms with Gasteiger partial charge in [0.15, 0.2) is 0 Å². The van der Waals surface area contributed by atoms with E-state index in [4.69, 9.17) is 0 Å². The van der Waals surface area contributed by atoms with E-state index in [1.807, 2.05) is 6.20 Å². The van der Waals surface area contributed by atoms with Gasteiger partial charge in [-0.3, -0.25) is 14.8 Å². The SMILES string of the molecule is c1cc(CN2CCCN(C3CCCC3)CC2)c2cccnc2c1. The van der Waals surface area contributed by atoms with Gasteiger partial charge in [-0.25, -0.2) is 0 Å². The lowest BCUT2D eigenvalue weighted by Gasteiger charge is -2.27. The summed E-state index contributed by atoms with van der Waals surface area (Å²) in [6, 6.07) is 11.7. The highest BCUT2D eigenvalue weighted by Crippen LogP contribution is 2.25. The second-order valence-electron chi connectivity index (χ2n) is 7.09. The zero-order chi connectivity index (χ0) is 15.5. The van der Waals surface area contributed by atoms with Crippen LogP contribution in [0.2, 0.25) is 0 Å². The molecule has 1 aromatic heterocycles. The third-order valence-electron chi connectivity index (χ3n) is 5.59. The van der Waals surface area contributed by atoms with Crippen molar-refractivity contribution in [3.8, 4) is 0 Å². The molecule has 122 valence electrons. The summed E-state index contributed by atoms with van der Waals surface area (Å²) in [4.78, 5) is 9.89. The second kappa shape index (κ2) is 6.98. The Balaban J connectivity index is 1.44. The molecule has 1 aromatic carbocycles. The Bertz CT molecular complexity index is 643. The monoisotopic (exact) mass is 309 g/mol. The summed E-state index contributed by atoms with van der Waals surface area (Å²) in [6.07, 6.45) is 8.92. The predicted molar refractivity (Wildman–Crippen MR) is 95.5 cm³/mol. The van der Waals surface area contributed by atoms with Crippen molar-refractivity contribution in [1.29, 1.82) is 0 Å². The van der Waals surface area contributed by atoms with Crippen molar-refractivity contribution in [3.05, 3.63) is 42.1 Å². The molecule has 0 bridgehead atoms. The fraction of sp³-hybridized carbons (Fsp3) is 0.550. The fourth-order valence-corrected chi connectivity index (χ4v) is 4.33. The number of hydrogen-bond donors (Lipinski definition) is 0. The van der Waals surface area contributed by atoms with Crippen LogP contribution in [0.3, 0.4) is 0 Å². The largest absolute Gasteiger partial charge is 0.299 e. The van der Waals surface area contributed by atoms with Crippen molar-refractivity contribution in [1.82, 2.24) is 14.8 Å². The van der Waals surface area contributed by atoms with Crippen LogP contribution in [-0.2, 0) is 6.54 Å². The smallest absolute Gasteiger partial charge is 0.0705 e. The molecule has 1 saturated carbocycles. The number of fused-ring (bicyclic) bond motifs is 1. The lowest BCUT2D eigenvalue weighted by molar-refractivity contribution is 0.198. The van der Waals surface area contributed by atoms with Crippen LogP contribution in [0.1, 0.15) is 37.7 Å². The van der Waals surface area contributed by atoms with Gasteiger partial charge in [-0.05, 0) is 50.0 Å². The van der Waals surface area contributed by atoms with Crippen LogP contribution >= 0.6 is 0 Å². The standard InChI is InChI=1S/C20H27N3/c1-2-8-18(7-1)23-13-5-12-22(14-15-23)16-17-6-3-10-20-19(17)9-4-11-21-20/h3-4,6,9-11,18H,1-2,5,7-8,12-16H2. The summed E-state index contributed by atoms with van der Waals surface area (Å²) in [5.74, 6) is 0. The van der Waals surface area contributed by atoms with Crippen molar-refractivity contribution in [2.75, 3.05) is 26.2 Å². The second-order valence-corrected chi connectivity index (χ2v) is 7.09. The molecule has 23 heavy (non-hydrogen) atoms. The minimum absolute atomic E-state index is 0.872. The summed E-state index contributed by atoms with van der Waals surface area (Å²) >= 11 is 0. The molecule has 0 atom stereocenters. The highest BCUT2D eigenvalue weighted by atomic mass is 15.2. The van der Waals surface area contributed by atoms with E-state index in [2.05, 4.69) is 45.1 Å². The van der Waals surface area contributed by atoms with Crippen molar-refractivity contribution in [2.45, 2.75) is 44.7 Å².